The molecule has 148 valence electrons. The van der Waals surface area contributed by atoms with Gasteiger partial charge in [0.15, 0.2) is 10.8 Å². The summed E-state index contributed by atoms with van der Waals surface area (Å²) in [6, 6.07) is 14.5. The second-order valence-electron chi connectivity index (χ2n) is 6.40. The number of benzene rings is 2. The molecule has 0 amide bonds. The number of nitrogens with zero attached hydrogens (tertiary/aromatic N) is 4. The lowest BCUT2D eigenvalue weighted by molar-refractivity contribution is -0.137. The van der Waals surface area contributed by atoms with Gasteiger partial charge in [-0.05, 0) is 35.5 Å². The van der Waals surface area contributed by atoms with Crippen LogP contribution in [0.25, 0.3) is 11.2 Å². The molecule has 4 aromatic rings. The molecule has 0 aliphatic rings. The smallest absolute Gasteiger partial charge is 0.284 e. The van der Waals surface area contributed by atoms with E-state index in [9.17, 15) is 18.0 Å². The van der Waals surface area contributed by atoms with Gasteiger partial charge < -0.3 is 0 Å². The van der Waals surface area contributed by atoms with E-state index in [1.165, 1.54) is 16.8 Å². The second-order valence-corrected chi connectivity index (χ2v) is 7.44. The number of halogens is 3. The van der Waals surface area contributed by atoms with Crippen molar-refractivity contribution in [3.05, 3.63) is 82.4 Å². The van der Waals surface area contributed by atoms with Crippen LogP contribution in [0, 0.1) is 0 Å². The highest BCUT2D eigenvalue weighted by Crippen LogP contribution is 2.33. The van der Waals surface area contributed by atoms with Crippen LogP contribution in [0.5, 0.6) is 0 Å². The molecule has 0 spiro atoms. The third-order valence-electron chi connectivity index (χ3n) is 4.41. The Morgan fingerprint density at radius 2 is 1.83 bits per heavy atom. The van der Waals surface area contributed by atoms with Gasteiger partial charge in [-0.3, -0.25) is 9.13 Å². The molecule has 0 N–H and O–H groups in total. The van der Waals surface area contributed by atoms with Gasteiger partial charge in [-0.2, -0.15) is 13.2 Å². The van der Waals surface area contributed by atoms with Gasteiger partial charge in [-0.15, -0.1) is 0 Å². The first-order valence-electron chi connectivity index (χ1n) is 8.64. The van der Waals surface area contributed by atoms with Crippen LogP contribution in [0.3, 0.4) is 0 Å². The van der Waals surface area contributed by atoms with Crippen molar-refractivity contribution < 1.29 is 13.2 Å². The molecular weight excluding hydrogens is 401 g/mol. The van der Waals surface area contributed by atoms with E-state index in [4.69, 9.17) is 0 Å². The number of hydrogen-bond donors (Lipinski definition) is 0. The summed E-state index contributed by atoms with van der Waals surface area (Å²) in [6.07, 6.45) is -2.89. The monoisotopic (exact) mass is 416 g/mol. The van der Waals surface area contributed by atoms with Crippen molar-refractivity contribution in [3.63, 3.8) is 0 Å². The van der Waals surface area contributed by atoms with Gasteiger partial charge in [-0.1, -0.05) is 36.4 Å². The first kappa shape index (κ1) is 19.3. The number of alkyl halides is 3. The van der Waals surface area contributed by atoms with E-state index in [1.807, 2.05) is 30.3 Å². The molecule has 0 unspecified atom stereocenters. The van der Waals surface area contributed by atoms with Gasteiger partial charge in [0.1, 0.15) is 5.52 Å². The molecule has 2 aromatic heterocycles. The zero-order chi connectivity index (χ0) is 20.6. The van der Waals surface area contributed by atoms with Gasteiger partial charge in [0.05, 0.1) is 18.3 Å². The summed E-state index contributed by atoms with van der Waals surface area (Å²) in [5.41, 5.74) is 0.985. The SMILES string of the molecule is Cn1c(=O)n(Cc2ccccc2)c2cnc(Sc3cccc(C(F)(F)F)c3)nc21. The number of hydrogen-bond acceptors (Lipinski definition) is 4. The molecule has 9 heteroatoms. The van der Waals surface area contributed by atoms with Crippen molar-refractivity contribution in [3.8, 4) is 0 Å². The van der Waals surface area contributed by atoms with Gasteiger partial charge in [0, 0.05) is 11.9 Å². The van der Waals surface area contributed by atoms with Crippen molar-refractivity contribution >= 4 is 22.9 Å². The van der Waals surface area contributed by atoms with Gasteiger partial charge in [0.25, 0.3) is 0 Å². The molecule has 0 aliphatic carbocycles. The Labute approximate surface area is 167 Å². The fraction of sp³-hybridized carbons (Fsp3) is 0.150. The van der Waals surface area contributed by atoms with Crippen molar-refractivity contribution in [2.45, 2.75) is 22.8 Å². The number of rotatable bonds is 4. The lowest BCUT2D eigenvalue weighted by atomic mass is 10.2. The highest BCUT2D eigenvalue weighted by Gasteiger charge is 2.30. The molecule has 4 rings (SSSR count). The zero-order valence-electron chi connectivity index (χ0n) is 15.2. The molecule has 0 saturated heterocycles. The molecular formula is C20H15F3N4OS. The maximum atomic E-state index is 12.9. The van der Waals surface area contributed by atoms with Gasteiger partial charge >= 0.3 is 11.9 Å². The topological polar surface area (TPSA) is 52.7 Å². The summed E-state index contributed by atoms with van der Waals surface area (Å²) in [7, 11) is 1.61. The second kappa shape index (κ2) is 7.40. The van der Waals surface area contributed by atoms with Crippen LogP contribution in [0.4, 0.5) is 13.2 Å². The van der Waals surface area contributed by atoms with E-state index in [0.717, 1.165) is 29.5 Å². The first-order chi connectivity index (χ1) is 13.8. The predicted molar refractivity (Wildman–Crippen MR) is 104 cm³/mol. The fourth-order valence-electron chi connectivity index (χ4n) is 2.97. The average Bonchev–Trinajstić information content (AvgIpc) is 2.93. The van der Waals surface area contributed by atoms with Crippen LogP contribution in [-0.2, 0) is 19.8 Å². The summed E-state index contributed by atoms with van der Waals surface area (Å²) in [5.74, 6) is 0. The fourth-order valence-corrected chi connectivity index (χ4v) is 3.75. The molecule has 2 heterocycles. The van der Waals surface area contributed by atoms with Crippen molar-refractivity contribution in [1.29, 1.82) is 0 Å². The van der Waals surface area contributed by atoms with Crippen LogP contribution in [0.1, 0.15) is 11.1 Å². The summed E-state index contributed by atoms with van der Waals surface area (Å²) in [5, 5.41) is 0.268. The molecule has 0 saturated carbocycles. The minimum atomic E-state index is -4.42. The Morgan fingerprint density at radius 3 is 2.55 bits per heavy atom. The lowest BCUT2D eigenvalue weighted by Gasteiger charge is -2.08. The lowest BCUT2D eigenvalue weighted by Crippen LogP contribution is -2.22. The van der Waals surface area contributed by atoms with Crippen molar-refractivity contribution in [2.24, 2.45) is 7.05 Å². The minimum absolute atomic E-state index is 0.237. The van der Waals surface area contributed by atoms with Crippen LogP contribution >= 0.6 is 11.8 Å². The number of aryl methyl sites for hydroxylation is 1. The largest absolute Gasteiger partial charge is 0.416 e. The number of imidazole rings is 1. The maximum absolute atomic E-state index is 12.9. The Kier molecular flexibility index (Phi) is 4.91. The summed E-state index contributed by atoms with van der Waals surface area (Å²) >= 11 is 1.01. The first-order valence-corrected chi connectivity index (χ1v) is 9.46. The summed E-state index contributed by atoms with van der Waals surface area (Å²) in [4.78, 5) is 21.7. The maximum Gasteiger partial charge on any atom is 0.416 e. The van der Waals surface area contributed by atoms with Crippen LogP contribution in [-0.4, -0.2) is 19.1 Å². The highest BCUT2D eigenvalue weighted by molar-refractivity contribution is 7.99. The van der Waals surface area contributed by atoms with Crippen LogP contribution in [0.2, 0.25) is 0 Å². The standard InChI is InChI=1S/C20H15F3N4OS/c1-26-17-16(27(19(26)28)12-13-6-3-2-4-7-13)11-24-18(25-17)29-15-9-5-8-14(10-15)20(21,22)23/h2-11H,12H2,1H3. The highest BCUT2D eigenvalue weighted by atomic mass is 32.2. The van der Waals surface area contributed by atoms with E-state index in [-0.39, 0.29) is 10.8 Å². The van der Waals surface area contributed by atoms with Crippen LogP contribution < -0.4 is 5.69 Å². The van der Waals surface area contributed by atoms with E-state index in [0.29, 0.717) is 22.6 Å². The Morgan fingerprint density at radius 1 is 1.07 bits per heavy atom. The molecule has 0 bridgehead atoms. The molecule has 0 radical (unpaired) electrons. The average molecular weight is 416 g/mol. The van der Waals surface area contributed by atoms with E-state index in [1.54, 1.807) is 17.7 Å². The summed E-state index contributed by atoms with van der Waals surface area (Å²) in [6.45, 7) is 0.375. The quantitative estimate of drug-likeness (QED) is 0.464. The minimum Gasteiger partial charge on any atom is -0.284 e. The Bertz CT molecular complexity index is 1230. The van der Waals surface area contributed by atoms with Gasteiger partial charge in [0.2, 0.25) is 0 Å². The normalized spacial score (nSPS) is 11.9. The number of fused-ring (bicyclic) bond motifs is 1. The molecule has 29 heavy (non-hydrogen) atoms. The molecule has 0 atom stereocenters. The van der Waals surface area contributed by atoms with Gasteiger partial charge in [-0.25, -0.2) is 14.8 Å². The van der Waals surface area contributed by atoms with E-state index >= 15 is 0 Å². The van der Waals surface area contributed by atoms with Crippen LogP contribution in [0.15, 0.2) is 75.6 Å². The zero-order valence-corrected chi connectivity index (χ0v) is 16.0. The van der Waals surface area contributed by atoms with Crippen molar-refractivity contribution in [2.75, 3.05) is 0 Å². The Balaban J connectivity index is 1.69. The molecule has 0 aliphatic heterocycles. The predicted octanol–water partition coefficient (Wildman–Crippen LogP) is 4.35. The van der Waals surface area contributed by atoms with E-state index < -0.39 is 11.7 Å². The Hall–Kier alpha value is -3.07. The summed E-state index contributed by atoms with van der Waals surface area (Å²) < 4.78 is 41.7. The van der Waals surface area contributed by atoms with Crippen molar-refractivity contribution in [1.82, 2.24) is 19.1 Å². The molecule has 0 fully saturated rings. The van der Waals surface area contributed by atoms with E-state index in [2.05, 4.69) is 9.97 Å². The third kappa shape index (κ3) is 3.91. The molecule has 5 nitrogen and oxygen atoms in total. The third-order valence-corrected chi connectivity index (χ3v) is 5.28. The molecule has 2 aromatic carbocycles. The number of aromatic nitrogens is 4.